The number of rotatable bonds is 4. The van der Waals surface area contributed by atoms with Crippen molar-refractivity contribution in [3.8, 4) is 5.75 Å². The van der Waals surface area contributed by atoms with E-state index in [4.69, 9.17) is 4.74 Å². The SMILES string of the molecule is C[C@@H]1Oc2ccccc2N(CC(=O)Nc2cccc(S(C)(=O)=O)c2)C1=O. The van der Waals surface area contributed by atoms with Gasteiger partial charge in [0.2, 0.25) is 5.91 Å². The normalized spacial score (nSPS) is 16.6. The second-order valence-corrected chi connectivity index (χ2v) is 8.02. The minimum absolute atomic E-state index is 0.108. The molecule has 0 radical (unpaired) electrons. The van der Waals surface area contributed by atoms with Gasteiger partial charge in [0.15, 0.2) is 15.9 Å². The van der Waals surface area contributed by atoms with Crippen molar-refractivity contribution >= 4 is 33.0 Å². The fraction of sp³-hybridized carbons (Fsp3) is 0.222. The molecule has 0 saturated carbocycles. The first-order valence-electron chi connectivity index (χ1n) is 7.93. The van der Waals surface area contributed by atoms with Gasteiger partial charge in [0.1, 0.15) is 12.3 Å². The number of nitrogens with zero attached hydrogens (tertiary/aromatic N) is 1. The van der Waals surface area contributed by atoms with Crippen molar-refractivity contribution in [2.24, 2.45) is 0 Å². The number of anilines is 2. The van der Waals surface area contributed by atoms with Crippen molar-refractivity contribution in [2.45, 2.75) is 17.9 Å². The molecule has 2 amide bonds. The van der Waals surface area contributed by atoms with Crippen LogP contribution in [0.15, 0.2) is 53.4 Å². The van der Waals surface area contributed by atoms with E-state index in [1.807, 2.05) is 0 Å². The lowest BCUT2D eigenvalue weighted by Gasteiger charge is -2.32. The zero-order valence-corrected chi connectivity index (χ0v) is 15.1. The number of amides is 2. The number of para-hydroxylation sites is 2. The van der Waals surface area contributed by atoms with Gasteiger partial charge in [0.25, 0.3) is 5.91 Å². The van der Waals surface area contributed by atoms with Crippen LogP contribution >= 0.6 is 0 Å². The number of nitrogens with one attached hydrogen (secondary N) is 1. The van der Waals surface area contributed by atoms with Crippen LogP contribution in [0.4, 0.5) is 11.4 Å². The smallest absolute Gasteiger partial charge is 0.268 e. The molecule has 1 aliphatic heterocycles. The lowest BCUT2D eigenvalue weighted by Crippen LogP contribution is -2.47. The summed E-state index contributed by atoms with van der Waals surface area (Å²) >= 11 is 0. The Morgan fingerprint density at radius 1 is 1.19 bits per heavy atom. The topological polar surface area (TPSA) is 92.8 Å². The number of hydrogen-bond donors (Lipinski definition) is 1. The summed E-state index contributed by atoms with van der Waals surface area (Å²) in [6, 6.07) is 12.9. The number of carbonyl (C=O) groups is 2. The number of fused-ring (bicyclic) bond motifs is 1. The highest BCUT2D eigenvalue weighted by atomic mass is 32.2. The zero-order chi connectivity index (χ0) is 18.9. The van der Waals surface area contributed by atoms with Crippen LogP contribution in [-0.2, 0) is 19.4 Å². The fourth-order valence-electron chi connectivity index (χ4n) is 2.67. The molecule has 1 heterocycles. The molecule has 8 heteroatoms. The predicted octanol–water partition coefficient (Wildman–Crippen LogP) is 1.84. The van der Waals surface area contributed by atoms with Crippen LogP contribution in [0.3, 0.4) is 0 Å². The van der Waals surface area contributed by atoms with Gasteiger partial charge in [0, 0.05) is 11.9 Å². The summed E-state index contributed by atoms with van der Waals surface area (Å²) in [7, 11) is -3.38. The van der Waals surface area contributed by atoms with Crippen molar-refractivity contribution in [3.05, 3.63) is 48.5 Å². The molecule has 26 heavy (non-hydrogen) atoms. The van der Waals surface area contributed by atoms with E-state index < -0.39 is 21.8 Å². The number of sulfone groups is 1. The third-order valence-corrected chi connectivity index (χ3v) is 5.03. The van der Waals surface area contributed by atoms with E-state index in [-0.39, 0.29) is 17.3 Å². The van der Waals surface area contributed by atoms with E-state index in [0.717, 1.165) is 6.26 Å². The van der Waals surface area contributed by atoms with E-state index in [1.54, 1.807) is 43.3 Å². The first kappa shape index (κ1) is 17.9. The Balaban J connectivity index is 1.79. The van der Waals surface area contributed by atoms with Gasteiger partial charge in [-0.2, -0.15) is 0 Å². The Kier molecular flexibility index (Phi) is 4.69. The summed E-state index contributed by atoms with van der Waals surface area (Å²) in [5.74, 6) is -0.219. The van der Waals surface area contributed by atoms with Crippen LogP contribution < -0.4 is 15.0 Å². The highest BCUT2D eigenvalue weighted by Gasteiger charge is 2.32. The number of ether oxygens (including phenoxy) is 1. The molecule has 0 aliphatic carbocycles. The van der Waals surface area contributed by atoms with Gasteiger partial charge in [-0.1, -0.05) is 18.2 Å². The van der Waals surface area contributed by atoms with Gasteiger partial charge in [-0.05, 0) is 37.3 Å². The molecule has 0 aromatic heterocycles. The summed E-state index contributed by atoms with van der Waals surface area (Å²) in [5, 5.41) is 2.63. The van der Waals surface area contributed by atoms with Crippen molar-refractivity contribution in [1.82, 2.24) is 0 Å². The largest absolute Gasteiger partial charge is 0.479 e. The molecule has 0 fully saturated rings. The minimum Gasteiger partial charge on any atom is -0.479 e. The molecule has 1 atom stereocenters. The molecular formula is C18H18N2O5S. The molecule has 0 saturated heterocycles. The van der Waals surface area contributed by atoms with Crippen molar-refractivity contribution in [1.29, 1.82) is 0 Å². The van der Waals surface area contributed by atoms with E-state index in [9.17, 15) is 18.0 Å². The van der Waals surface area contributed by atoms with Gasteiger partial charge in [0.05, 0.1) is 10.6 Å². The van der Waals surface area contributed by atoms with Crippen LogP contribution in [0.5, 0.6) is 5.75 Å². The monoisotopic (exact) mass is 374 g/mol. The minimum atomic E-state index is -3.38. The molecule has 2 aromatic rings. The van der Waals surface area contributed by atoms with E-state index in [0.29, 0.717) is 17.1 Å². The predicted molar refractivity (Wildman–Crippen MR) is 97.1 cm³/mol. The average molecular weight is 374 g/mol. The summed E-state index contributed by atoms with van der Waals surface area (Å²) in [5.41, 5.74) is 0.871. The second kappa shape index (κ2) is 6.80. The standard InChI is InChI=1S/C18H18N2O5S/c1-12-18(22)20(15-8-3-4-9-16(15)25-12)11-17(21)19-13-6-5-7-14(10-13)26(2,23)24/h3-10,12H,11H2,1-2H3,(H,19,21)/t12-/m0/s1. The Hall–Kier alpha value is -2.87. The van der Waals surface area contributed by atoms with E-state index in [2.05, 4.69) is 5.32 Å². The Morgan fingerprint density at radius 2 is 1.92 bits per heavy atom. The Morgan fingerprint density at radius 3 is 2.65 bits per heavy atom. The molecular weight excluding hydrogens is 356 g/mol. The summed E-state index contributed by atoms with van der Waals surface area (Å²) in [6.07, 6.45) is 0.407. The molecule has 0 bridgehead atoms. The number of carbonyl (C=O) groups excluding carboxylic acids is 2. The molecule has 1 N–H and O–H groups in total. The maximum Gasteiger partial charge on any atom is 0.268 e. The number of benzene rings is 2. The molecule has 0 spiro atoms. The second-order valence-electron chi connectivity index (χ2n) is 6.00. The fourth-order valence-corrected chi connectivity index (χ4v) is 3.34. The van der Waals surface area contributed by atoms with Crippen LogP contribution in [0.2, 0.25) is 0 Å². The van der Waals surface area contributed by atoms with Crippen molar-refractivity contribution in [3.63, 3.8) is 0 Å². The van der Waals surface area contributed by atoms with Crippen LogP contribution in [-0.4, -0.2) is 39.1 Å². The van der Waals surface area contributed by atoms with Crippen molar-refractivity contribution in [2.75, 3.05) is 23.0 Å². The lowest BCUT2D eigenvalue weighted by atomic mass is 10.2. The van der Waals surface area contributed by atoms with Gasteiger partial charge < -0.3 is 10.1 Å². The quantitative estimate of drug-likeness (QED) is 0.882. The first-order chi connectivity index (χ1) is 12.3. The van der Waals surface area contributed by atoms with Gasteiger partial charge >= 0.3 is 0 Å². The van der Waals surface area contributed by atoms with Crippen LogP contribution in [0.25, 0.3) is 0 Å². The highest BCUT2D eigenvalue weighted by Crippen LogP contribution is 2.33. The van der Waals surface area contributed by atoms with Gasteiger partial charge in [-0.25, -0.2) is 8.42 Å². The Bertz CT molecular complexity index is 971. The molecule has 0 unspecified atom stereocenters. The maximum atomic E-state index is 12.4. The highest BCUT2D eigenvalue weighted by molar-refractivity contribution is 7.90. The third-order valence-electron chi connectivity index (χ3n) is 3.92. The van der Waals surface area contributed by atoms with E-state index in [1.165, 1.54) is 17.0 Å². The molecule has 3 rings (SSSR count). The lowest BCUT2D eigenvalue weighted by molar-refractivity contribution is -0.127. The first-order valence-corrected chi connectivity index (χ1v) is 9.82. The van der Waals surface area contributed by atoms with Crippen molar-refractivity contribution < 1.29 is 22.7 Å². The van der Waals surface area contributed by atoms with Crippen LogP contribution in [0.1, 0.15) is 6.92 Å². The van der Waals surface area contributed by atoms with Gasteiger partial charge in [-0.15, -0.1) is 0 Å². The van der Waals surface area contributed by atoms with Gasteiger partial charge in [-0.3, -0.25) is 14.5 Å². The summed E-state index contributed by atoms with van der Waals surface area (Å²) in [4.78, 5) is 26.3. The molecule has 2 aromatic carbocycles. The summed E-state index contributed by atoms with van der Waals surface area (Å²) < 4.78 is 28.8. The van der Waals surface area contributed by atoms with E-state index >= 15 is 0 Å². The maximum absolute atomic E-state index is 12.4. The molecule has 1 aliphatic rings. The molecule has 136 valence electrons. The average Bonchev–Trinajstić information content (AvgIpc) is 2.58. The number of hydrogen-bond acceptors (Lipinski definition) is 5. The summed E-state index contributed by atoms with van der Waals surface area (Å²) in [6.45, 7) is 1.42. The third kappa shape index (κ3) is 3.70. The molecule has 7 nitrogen and oxygen atoms in total. The zero-order valence-electron chi connectivity index (χ0n) is 14.3. The Labute approximate surface area is 151 Å². The van der Waals surface area contributed by atoms with Crippen LogP contribution in [0, 0.1) is 0 Å².